The van der Waals surface area contributed by atoms with Crippen LogP contribution in [0, 0.1) is 0 Å². The number of halogens is 1. The van der Waals surface area contributed by atoms with E-state index in [1.165, 1.54) is 44.5 Å². The fourth-order valence-electron chi connectivity index (χ4n) is 3.89. The van der Waals surface area contributed by atoms with E-state index in [4.69, 9.17) is 4.99 Å². The Morgan fingerprint density at radius 1 is 1.17 bits per heavy atom. The van der Waals surface area contributed by atoms with Crippen LogP contribution in [-0.4, -0.2) is 59.2 Å². The van der Waals surface area contributed by atoms with E-state index in [0.29, 0.717) is 6.04 Å². The normalized spacial score (nSPS) is 15.6. The molecule has 30 heavy (non-hydrogen) atoms. The van der Waals surface area contributed by atoms with Crippen LogP contribution >= 0.6 is 24.0 Å². The third-order valence-electron chi connectivity index (χ3n) is 5.42. The van der Waals surface area contributed by atoms with Crippen molar-refractivity contribution < 1.29 is 0 Å². The zero-order chi connectivity index (χ0) is 20.3. The maximum Gasteiger partial charge on any atom is 0.191 e. The van der Waals surface area contributed by atoms with Crippen LogP contribution in [0.5, 0.6) is 0 Å². The topological polar surface area (TPSA) is 57.5 Å². The summed E-state index contributed by atoms with van der Waals surface area (Å²) in [4.78, 5) is 11.9. The highest BCUT2D eigenvalue weighted by Crippen LogP contribution is 2.10. The Morgan fingerprint density at radius 3 is 2.63 bits per heavy atom. The van der Waals surface area contributed by atoms with Gasteiger partial charge in [-0.3, -0.25) is 4.99 Å². The van der Waals surface area contributed by atoms with Crippen molar-refractivity contribution in [3.63, 3.8) is 0 Å². The fraction of sp³-hybridized carbons (Fsp3) is 0.565. The van der Waals surface area contributed by atoms with E-state index in [0.717, 1.165) is 37.8 Å². The highest BCUT2D eigenvalue weighted by molar-refractivity contribution is 14.0. The van der Waals surface area contributed by atoms with Gasteiger partial charge in [0.05, 0.1) is 0 Å². The average molecular weight is 524 g/mol. The van der Waals surface area contributed by atoms with Crippen molar-refractivity contribution in [1.82, 2.24) is 25.1 Å². The molecule has 0 aliphatic carbocycles. The van der Waals surface area contributed by atoms with Crippen LogP contribution in [0.25, 0.3) is 0 Å². The number of piperidine rings is 1. The number of hydrogen-bond donors (Lipinski definition) is 2. The maximum absolute atomic E-state index is 4.81. The van der Waals surface area contributed by atoms with E-state index in [2.05, 4.69) is 75.5 Å². The Bertz CT molecular complexity index is 737. The Kier molecular flexibility index (Phi) is 11.2. The molecule has 1 aliphatic heterocycles. The second-order valence-electron chi connectivity index (χ2n) is 7.73. The van der Waals surface area contributed by atoms with E-state index in [-0.39, 0.29) is 24.0 Å². The van der Waals surface area contributed by atoms with Gasteiger partial charge in [0.1, 0.15) is 5.82 Å². The zero-order valence-electron chi connectivity index (χ0n) is 18.4. The third-order valence-corrected chi connectivity index (χ3v) is 5.42. The van der Waals surface area contributed by atoms with Crippen molar-refractivity contribution in [3.8, 4) is 0 Å². The standard InChI is InChI=1S/C23H36N6.HI/c1-3-15-28-16-11-21(12-17-28)27-23(24-4-2)26-13-10-22-25-14-18-29(22)19-20-8-6-5-7-9-20;/h5-9,14,18,21H,3-4,10-13,15-17,19H2,1-2H3,(H2,24,26,27);1H. The summed E-state index contributed by atoms with van der Waals surface area (Å²) in [5.74, 6) is 2.02. The van der Waals surface area contributed by atoms with Gasteiger partial charge in [-0.1, -0.05) is 37.3 Å². The summed E-state index contributed by atoms with van der Waals surface area (Å²) in [5.41, 5.74) is 1.29. The molecule has 166 valence electrons. The van der Waals surface area contributed by atoms with Crippen LogP contribution in [-0.2, 0) is 13.0 Å². The van der Waals surface area contributed by atoms with Gasteiger partial charge in [-0.25, -0.2) is 4.98 Å². The van der Waals surface area contributed by atoms with Crippen LogP contribution in [0.1, 0.15) is 44.5 Å². The quantitative estimate of drug-likeness (QED) is 0.300. The first-order chi connectivity index (χ1) is 14.3. The van der Waals surface area contributed by atoms with Gasteiger partial charge in [-0.2, -0.15) is 0 Å². The largest absolute Gasteiger partial charge is 0.357 e. The monoisotopic (exact) mass is 524 g/mol. The van der Waals surface area contributed by atoms with E-state index < -0.39 is 0 Å². The lowest BCUT2D eigenvalue weighted by Crippen LogP contribution is -2.48. The van der Waals surface area contributed by atoms with E-state index >= 15 is 0 Å². The molecule has 3 rings (SSSR count). The summed E-state index contributed by atoms with van der Waals surface area (Å²) < 4.78 is 2.22. The minimum Gasteiger partial charge on any atom is -0.357 e. The van der Waals surface area contributed by atoms with Gasteiger partial charge < -0.3 is 20.1 Å². The van der Waals surface area contributed by atoms with Crippen molar-refractivity contribution in [2.45, 2.75) is 52.1 Å². The third kappa shape index (κ3) is 7.91. The van der Waals surface area contributed by atoms with Gasteiger partial charge in [-0.05, 0) is 38.3 Å². The first-order valence-corrected chi connectivity index (χ1v) is 11.1. The predicted molar refractivity (Wildman–Crippen MR) is 136 cm³/mol. The molecule has 0 radical (unpaired) electrons. The van der Waals surface area contributed by atoms with Crippen LogP contribution in [0.4, 0.5) is 0 Å². The molecule has 1 fully saturated rings. The van der Waals surface area contributed by atoms with Crippen molar-refractivity contribution in [2.75, 3.05) is 32.7 Å². The highest BCUT2D eigenvalue weighted by atomic mass is 127. The van der Waals surface area contributed by atoms with Gasteiger partial charge >= 0.3 is 0 Å². The highest BCUT2D eigenvalue weighted by Gasteiger charge is 2.19. The van der Waals surface area contributed by atoms with E-state index in [1.54, 1.807) is 0 Å². The molecule has 6 nitrogen and oxygen atoms in total. The molecule has 1 aromatic heterocycles. The number of aliphatic imine (C=N–C) groups is 1. The Hall–Kier alpha value is -1.61. The molecule has 1 saturated heterocycles. The molecular weight excluding hydrogens is 487 g/mol. The number of guanidine groups is 1. The molecule has 2 aromatic rings. The summed E-state index contributed by atoms with van der Waals surface area (Å²) in [7, 11) is 0. The molecule has 7 heteroatoms. The van der Waals surface area contributed by atoms with Gasteiger partial charge in [0, 0.05) is 57.6 Å². The number of likely N-dealkylation sites (tertiary alicyclic amines) is 1. The lowest BCUT2D eigenvalue weighted by Gasteiger charge is -2.32. The second-order valence-corrected chi connectivity index (χ2v) is 7.73. The minimum atomic E-state index is 0. The first kappa shape index (κ1) is 24.7. The molecule has 0 bridgehead atoms. The lowest BCUT2D eigenvalue weighted by atomic mass is 10.1. The lowest BCUT2D eigenvalue weighted by molar-refractivity contribution is 0.206. The molecule has 2 heterocycles. The Morgan fingerprint density at radius 2 is 1.93 bits per heavy atom. The number of imidazole rings is 1. The SMILES string of the molecule is CCCN1CCC(NC(=NCCc2nccn2Cc2ccccc2)NCC)CC1.I. The maximum atomic E-state index is 4.81. The molecule has 2 N–H and O–H groups in total. The zero-order valence-corrected chi connectivity index (χ0v) is 20.7. The molecule has 0 atom stereocenters. The van der Waals surface area contributed by atoms with Gasteiger partial charge in [-0.15, -0.1) is 24.0 Å². The van der Waals surface area contributed by atoms with Gasteiger partial charge in [0.2, 0.25) is 0 Å². The van der Waals surface area contributed by atoms with E-state index in [9.17, 15) is 0 Å². The summed E-state index contributed by atoms with van der Waals surface area (Å²) >= 11 is 0. The molecule has 0 unspecified atom stereocenters. The van der Waals surface area contributed by atoms with Crippen LogP contribution in [0.15, 0.2) is 47.7 Å². The number of nitrogens with zero attached hydrogens (tertiary/aromatic N) is 4. The number of hydrogen-bond acceptors (Lipinski definition) is 3. The number of nitrogens with one attached hydrogen (secondary N) is 2. The van der Waals surface area contributed by atoms with Gasteiger partial charge in [0.25, 0.3) is 0 Å². The number of benzene rings is 1. The van der Waals surface area contributed by atoms with Crippen LogP contribution in [0.3, 0.4) is 0 Å². The van der Waals surface area contributed by atoms with E-state index in [1.807, 2.05) is 6.20 Å². The minimum absolute atomic E-state index is 0. The fourth-order valence-corrected chi connectivity index (χ4v) is 3.89. The predicted octanol–water partition coefficient (Wildman–Crippen LogP) is 3.52. The Labute approximate surface area is 198 Å². The molecule has 0 saturated carbocycles. The van der Waals surface area contributed by atoms with Crippen molar-refractivity contribution >= 4 is 29.9 Å². The number of rotatable bonds is 9. The summed E-state index contributed by atoms with van der Waals surface area (Å²) in [6, 6.07) is 11.0. The molecule has 0 spiro atoms. The second kappa shape index (κ2) is 13.6. The molecule has 1 aromatic carbocycles. The molecule has 1 aliphatic rings. The Balaban J connectivity index is 0.00000320. The van der Waals surface area contributed by atoms with Crippen molar-refractivity contribution in [3.05, 3.63) is 54.1 Å². The molecular formula is C23H37IN6. The smallest absolute Gasteiger partial charge is 0.191 e. The first-order valence-electron chi connectivity index (χ1n) is 11.1. The van der Waals surface area contributed by atoms with Crippen molar-refractivity contribution in [2.24, 2.45) is 4.99 Å². The van der Waals surface area contributed by atoms with Gasteiger partial charge in [0.15, 0.2) is 5.96 Å². The van der Waals surface area contributed by atoms with Crippen LogP contribution in [0.2, 0.25) is 0 Å². The molecule has 0 amide bonds. The number of aromatic nitrogens is 2. The van der Waals surface area contributed by atoms with Crippen LogP contribution < -0.4 is 10.6 Å². The summed E-state index contributed by atoms with van der Waals surface area (Å²) in [6.07, 6.45) is 8.39. The summed E-state index contributed by atoms with van der Waals surface area (Å²) in [6.45, 7) is 10.4. The van der Waals surface area contributed by atoms with Crippen molar-refractivity contribution in [1.29, 1.82) is 0 Å². The summed E-state index contributed by atoms with van der Waals surface area (Å²) in [5, 5.41) is 7.04. The average Bonchev–Trinajstić information content (AvgIpc) is 3.17.